The lowest BCUT2D eigenvalue weighted by atomic mass is 10.1. The number of nitrogens with zero attached hydrogens (tertiary/aromatic N) is 2. The molecule has 2 aliphatic rings. The molecule has 2 aliphatic heterocycles. The number of urea groups is 1. The number of halogens is 1. The largest absolute Gasteiger partial charge is 0.492 e. The van der Waals surface area contributed by atoms with E-state index >= 15 is 0 Å². The van der Waals surface area contributed by atoms with Crippen molar-refractivity contribution >= 4 is 11.9 Å². The van der Waals surface area contributed by atoms with Gasteiger partial charge in [-0.3, -0.25) is 14.6 Å². The summed E-state index contributed by atoms with van der Waals surface area (Å²) in [7, 11) is 0. The van der Waals surface area contributed by atoms with Gasteiger partial charge in [-0.1, -0.05) is 18.2 Å². The van der Waals surface area contributed by atoms with E-state index in [1.807, 2.05) is 24.3 Å². The average molecular weight is 502 g/mol. The second kappa shape index (κ2) is 10.8. The Hall–Kier alpha value is -3.21. The molecule has 194 valence electrons. The minimum Gasteiger partial charge on any atom is -0.492 e. The molecule has 4 rings (SSSR count). The van der Waals surface area contributed by atoms with E-state index in [2.05, 4.69) is 10.2 Å². The van der Waals surface area contributed by atoms with Gasteiger partial charge in [-0.15, -0.1) is 0 Å². The first-order valence-electron chi connectivity index (χ1n) is 11.9. The number of benzene rings is 2. The van der Waals surface area contributed by atoms with Crippen LogP contribution in [0.4, 0.5) is 9.18 Å². The molecular formula is C26H32FN3O6. The van der Waals surface area contributed by atoms with E-state index in [-0.39, 0.29) is 32.3 Å². The molecule has 2 heterocycles. The average Bonchev–Trinajstić information content (AvgIpc) is 2.94. The second-order valence-electron chi connectivity index (χ2n) is 9.74. The molecule has 0 aromatic heterocycles. The summed E-state index contributed by atoms with van der Waals surface area (Å²) >= 11 is 0. The van der Waals surface area contributed by atoms with Crippen LogP contribution in [0.2, 0.25) is 0 Å². The highest BCUT2D eigenvalue weighted by Crippen LogP contribution is 2.21. The van der Waals surface area contributed by atoms with E-state index in [9.17, 15) is 19.1 Å². The van der Waals surface area contributed by atoms with Crippen molar-refractivity contribution in [2.24, 2.45) is 0 Å². The molecule has 0 spiro atoms. The molecule has 3 amide bonds. The third kappa shape index (κ3) is 6.51. The van der Waals surface area contributed by atoms with Crippen LogP contribution >= 0.6 is 0 Å². The van der Waals surface area contributed by atoms with Crippen LogP contribution in [-0.2, 0) is 16.1 Å². The second-order valence-corrected chi connectivity index (χ2v) is 9.74. The summed E-state index contributed by atoms with van der Waals surface area (Å²) in [5, 5.41) is 13.7. The Kier molecular flexibility index (Phi) is 7.77. The minimum atomic E-state index is -1.24. The molecule has 2 N–H and O–H groups in total. The summed E-state index contributed by atoms with van der Waals surface area (Å²) < 4.78 is 30.4. The Morgan fingerprint density at radius 2 is 1.89 bits per heavy atom. The lowest BCUT2D eigenvalue weighted by Gasteiger charge is -2.30. The van der Waals surface area contributed by atoms with Crippen LogP contribution in [0.5, 0.6) is 11.5 Å². The normalized spacial score (nSPS) is 22.3. The SMILES string of the molecule is CC1(C)NC(=O)N(CCOc2ccc(CN3CCOCC(O)(COc4cccc(F)c4)C3)cc2)C1=O. The summed E-state index contributed by atoms with van der Waals surface area (Å²) in [6.07, 6.45) is 0. The first-order valence-corrected chi connectivity index (χ1v) is 11.9. The number of hydrogen-bond acceptors (Lipinski definition) is 7. The third-order valence-corrected chi connectivity index (χ3v) is 6.10. The Labute approximate surface area is 209 Å². The van der Waals surface area contributed by atoms with Gasteiger partial charge in [0.15, 0.2) is 0 Å². The van der Waals surface area contributed by atoms with Gasteiger partial charge in [0.1, 0.15) is 41.7 Å². The number of hydrogen-bond donors (Lipinski definition) is 2. The van der Waals surface area contributed by atoms with E-state index in [0.29, 0.717) is 37.7 Å². The van der Waals surface area contributed by atoms with Crippen LogP contribution in [0.1, 0.15) is 19.4 Å². The van der Waals surface area contributed by atoms with Gasteiger partial charge in [-0.25, -0.2) is 9.18 Å². The van der Waals surface area contributed by atoms with E-state index in [1.165, 1.54) is 12.1 Å². The highest BCUT2D eigenvalue weighted by molar-refractivity contribution is 6.06. The van der Waals surface area contributed by atoms with Crippen molar-refractivity contribution in [2.45, 2.75) is 31.5 Å². The van der Waals surface area contributed by atoms with Gasteiger partial charge in [0, 0.05) is 25.7 Å². The van der Waals surface area contributed by atoms with Crippen molar-refractivity contribution in [3.05, 3.63) is 59.9 Å². The van der Waals surface area contributed by atoms with Gasteiger partial charge in [-0.05, 0) is 43.7 Å². The molecule has 1 unspecified atom stereocenters. The van der Waals surface area contributed by atoms with Gasteiger partial charge >= 0.3 is 6.03 Å². The number of aliphatic hydroxyl groups is 1. The van der Waals surface area contributed by atoms with Crippen molar-refractivity contribution in [1.29, 1.82) is 0 Å². The molecule has 0 aliphatic carbocycles. The van der Waals surface area contributed by atoms with Crippen molar-refractivity contribution in [3.8, 4) is 11.5 Å². The maximum Gasteiger partial charge on any atom is 0.325 e. The Morgan fingerprint density at radius 1 is 1.11 bits per heavy atom. The molecule has 0 radical (unpaired) electrons. The monoisotopic (exact) mass is 501 g/mol. The van der Waals surface area contributed by atoms with Crippen LogP contribution < -0.4 is 14.8 Å². The number of nitrogens with one attached hydrogen (secondary N) is 1. The summed E-state index contributed by atoms with van der Waals surface area (Å²) in [5.74, 6) is 0.316. The molecule has 2 saturated heterocycles. The minimum absolute atomic E-state index is 0.0194. The number of amides is 3. The summed E-state index contributed by atoms with van der Waals surface area (Å²) in [5.41, 5.74) is -1.11. The Bertz CT molecular complexity index is 1080. The number of β-amino-alcohol motifs (C(OH)–C–C–N with tert-alkyl or cyclic N) is 1. The Balaban J connectivity index is 1.27. The highest BCUT2D eigenvalue weighted by Gasteiger charge is 2.43. The van der Waals surface area contributed by atoms with Gasteiger partial charge in [-0.2, -0.15) is 0 Å². The van der Waals surface area contributed by atoms with Crippen LogP contribution in [0.25, 0.3) is 0 Å². The zero-order chi connectivity index (χ0) is 25.8. The first-order chi connectivity index (χ1) is 17.1. The standard InChI is InChI=1S/C26H32FN3O6/c1-25(2)23(31)30(24(32)28-25)11-13-35-21-8-6-19(7-9-21)15-29-10-12-34-17-26(33,16-29)18-36-22-5-3-4-20(27)14-22/h3-9,14,33H,10-13,15-18H2,1-2H3,(H,28,32). The lowest BCUT2D eigenvalue weighted by Crippen LogP contribution is -2.48. The van der Waals surface area contributed by atoms with Gasteiger partial charge in [0.05, 0.1) is 19.8 Å². The molecule has 0 saturated carbocycles. The number of ether oxygens (including phenoxy) is 3. The molecule has 2 aromatic carbocycles. The van der Waals surface area contributed by atoms with E-state index in [0.717, 1.165) is 10.5 Å². The zero-order valence-electron chi connectivity index (χ0n) is 20.5. The zero-order valence-corrected chi connectivity index (χ0v) is 20.5. The maximum absolute atomic E-state index is 13.4. The fourth-order valence-corrected chi connectivity index (χ4v) is 4.22. The van der Waals surface area contributed by atoms with Crippen molar-refractivity contribution in [2.75, 3.05) is 46.1 Å². The van der Waals surface area contributed by atoms with Gasteiger partial charge < -0.3 is 24.6 Å². The van der Waals surface area contributed by atoms with Crippen LogP contribution in [-0.4, -0.2) is 84.0 Å². The number of imide groups is 1. The van der Waals surface area contributed by atoms with Crippen molar-refractivity contribution in [1.82, 2.24) is 15.1 Å². The number of rotatable bonds is 9. The molecule has 1 atom stereocenters. The number of carbonyl (C=O) groups is 2. The summed E-state index contributed by atoms with van der Waals surface area (Å²) in [4.78, 5) is 27.4. The molecule has 2 aromatic rings. The predicted octanol–water partition coefficient (Wildman–Crippen LogP) is 2.18. The van der Waals surface area contributed by atoms with Crippen molar-refractivity contribution < 1.29 is 33.3 Å². The van der Waals surface area contributed by atoms with E-state index < -0.39 is 23.0 Å². The molecule has 36 heavy (non-hydrogen) atoms. The summed E-state index contributed by atoms with van der Waals surface area (Å²) in [6.45, 7) is 5.84. The molecule has 10 heteroatoms. The van der Waals surface area contributed by atoms with E-state index in [1.54, 1.807) is 26.0 Å². The number of carbonyl (C=O) groups excluding carboxylic acids is 2. The summed E-state index contributed by atoms with van der Waals surface area (Å²) in [6, 6.07) is 12.9. The molecular weight excluding hydrogens is 469 g/mol. The predicted molar refractivity (Wildman–Crippen MR) is 129 cm³/mol. The fourth-order valence-electron chi connectivity index (χ4n) is 4.22. The van der Waals surface area contributed by atoms with Crippen LogP contribution in [0.15, 0.2) is 48.5 Å². The highest BCUT2D eigenvalue weighted by atomic mass is 19.1. The van der Waals surface area contributed by atoms with Crippen molar-refractivity contribution in [3.63, 3.8) is 0 Å². The van der Waals surface area contributed by atoms with E-state index in [4.69, 9.17) is 14.2 Å². The smallest absolute Gasteiger partial charge is 0.325 e. The topological polar surface area (TPSA) is 101 Å². The molecule has 2 fully saturated rings. The van der Waals surface area contributed by atoms with Crippen LogP contribution in [0.3, 0.4) is 0 Å². The fraction of sp³-hybridized carbons (Fsp3) is 0.462. The van der Waals surface area contributed by atoms with Crippen LogP contribution in [0, 0.1) is 5.82 Å². The third-order valence-electron chi connectivity index (χ3n) is 6.10. The first kappa shape index (κ1) is 25.9. The molecule has 9 nitrogen and oxygen atoms in total. The quantitative estimate of drug-likeness (QED) is 0.508. The molecule has 0 bridgehead atoms. The lowest BCUT2D eigenvalue weighted by molar-refractivity contribution is -0.130. The maximum atomic E-state index is 13.4. The van der Waals surface area contributed by atoms with Gasteiger partial charge in [0.2, 0.25) is 0 Å². The Morgan fingerprint density at radius 3 is 2.58 bits per heavy atom. The van der Waals surface area contributed by atoms with Gasteiger partial charge in [0.25, 0.3) is 5.91 Å².